The van der Waals surface area contributed by atoms with E-state index in [0.29, 0.717) is 19.3 Å². The van der Waals surface area contributed by atoms with E-state index in [-0.39, 0.29) is 31.1 Å². The highest BCUT2D eigenvalue weighted by molar-refractivity contribution is 5.71. The summed E-state index contributed by atoms with van der Waals surface area (Å²) in [5.74, 6) is -0.885. The fraction of sp³-hybridized carbons (Fsp3) is 0.803. The number of hydrogen-bond acceptors (Lipinski definition) is 6. The first-order chi connectivity index (χ1) is 35.5. The third-order valence-electron chi connectivity index (χ3n) is 13.7. The Morgan fingerprint density at radius 3 is 0.819 bits per heavy atom. The normalized spacial score (nSPS) is 12.4. The second-order valence-corrected chi connectivity index (χ2v) is 21.0. The van der Waals surface area contributed by atoms with Crippen molar-refractivity contribution in [3.05, 3.63) is 60.8 Å². The monoisotopic (exact) mass is 1010 g/mol. The van der Waals surface area contributed by atoms with E-state index in [1.165, 1.54) is 199 Å². The van der Waals surface area contributed by atoms with Gasteiger partial charge < -0.3 is 14.2 Å². The van der Waals surface area contributed by atoms with Crippen LogP contribution in [-0.2, 0) is 28.6 Å². The maximum atomic E-state index is 12.9. The van der Waals surface area contributed by atoms with Gasteiger partial charge in [-0.25, -0.2) is 0 Å². The summed E-state index contributed by atoms with van der Waals surface area (Å²) in [5, 5.41) is 0. The molecule has 0 saturated heterocycles. The van der Waals surface area contributed by atoms with E-state index >= 15 is 0 Å². The van der Waals surface area contributed by atoms with E-state index in [0.717, 1.165) is 83.5 Å². The van der Waals surface area contributed by atoms with Crippen LogP contribution < -0.4 is 0 Å². The van der Waals surface area contributed by atoms with E-state index in [9.17, 15) is 14.4 Å². The smallest absolute Gasteiger partial charge is 0.306 e. The number of carbonyl (C=O) groups is 3. The molecule has 6 nitrogen and oxygen atoms in total. The zero-order valence-electron chi connectivity index (χ0n) is 47.9. The van der Waals surface area contributed by atoms with Gasteiger partial charge in [0.25, 0.3) is 0 Å². The van der Waals surface area contributed by atoms with Crippen LogP contribution in [0.25, 0.3) is 0 Å². The Labute approximate surface area is 447 Å². The molecule has 1 unspecified atom stereocenters. The van der Waals surface area contributed by atoms with Crippen molar-refractivity contribution < 1.29 is 28.6 Å². The van der Waals surface area contributed by atoms with Gasteiger partial charge in [0.15, 0.2) is 6.10 Å². The highest BCUT2D eigenvalue weighted by Gasteiger charge is 2.19. The van der Waals surface area contributed by atoms with Crippen molar-refractivity contribution in [2.75, 3.05) is 13.2 Å². The van der Waals surface area contributed by atoms with Crippen molar-refractivity contribution in [1.29, 1.82) is 0 Å². The Morgan fingerprint density at radius 2 is 0.500 bits per heavy atom. The molecule has 0 bridgehead atoms. The van der Waals surface area contributed by atoms with Gasteiger partial charge in [-0.05, 0) is 109 Å². The van der Waals surface area contributed by atoms with Crippen LogP contribution in [0.2, 0.25) is 0 Å². The number of allylic oxidation sites excluding steroid dienone is 10. The molecule has 1 atom stereocenters. The molecule has 0 saturated carbocycles. The summed E-state index contributed by atoms with van der Waals surface area (Å²) in [7, 11) is 0. The third kappa shape index (κ3) is 58.0. The van der Waals surface area contributed by atoms with Crippen LogP contribution in [-0.4, -0.2) is 37.2 Å². The predicted octanol–water partition coefficient (Wildman–Crippen LogP) is 21.2. The SMILES string of the molecule is CCCCC/C=C\C/C=C\CCCCCCCCCCCC(=O)OCC(COC(=O)CCCCCCC/C=C\C/C=C\CCCCCC)OC(=O)CCCCCCCCCCC/C=C\CCCCCCCC. The van der Waals surface area contributed by atoms with Crippen LogP contribution in [0.3, 0.4) is 0 Å². The predicted molar refractivity (Wildman–Crippen MR) is 312 cm³/mol. The van der Waals surface area contributed by atoms with Crippen LogP contribution in [0.4, 0.5) is 0 Å². The van der Waals surface area contributed by atoms with Crippen molar-refractivity contribution in [1.82, 2.24) is 0 Å². The van der Waals surface area contributed by atoms with Crippen LogP contribution in [0, 0.1) is 0 Å². The number of esters is 3. The molecule has 72 heavy (non-hydrogen) atoms. The Balaban J connectivity index is 4.38. The molecule has 0 aromatic carbocycles. The molecule has 0 aliphatic rings. The van der Waals surface area contributed by atoms with Crippen LogP contribution in [0.5, 0.6) is 0 Å². The quantitative estimate of drug-likeness (QED) is 0.0261. The van der Waals surface area contributed by atoms with E-state index in [2.05, 4.69) is 81.5 Å². The first-order valence-electron chi connectivity index (χ1n) is 31.3. The zero-order valence-corrected chi connectivity index (χ0v) is 47.9. The Morgan fingerprint density at radius 1 is 0.278 bits per heavy atom. The van der Waals surface area contributed by atoms with E-state index in [1.807, 2.05) is 0 Å². The largest absolute Gasteiger partial charge is 0.462 e. The Kier molecular flexibility index (Phi) is 58.2. The lowest BCUT2D eigenvalue weighted by molar-refractivity contribution is -0.167. The molecular weight excluding hydrogens is 889 g/mol. The van der Waals surface area contributed by atoms with Gasteiger partial charge in [-0.3, -0.25) is 14.4 Å². The minimum Gasteiger partial charge on any atom is -0.462 e. The minimum absolute atomic E-state index is 0.0803. The summed E-state index contributed by atoms with van der Waals surface area (Å²) in [5.41, 5.74) is 0. The van der Waals surface area contributed by atoms with Crippen molar-refractivity contribution in [2.24, 2.45) is 0 Å². The maximum Gasteiger partial charge on any atom is 0.306 e. The number of carbonyl (C=O) groups excluding carboxylic acids is 3. The van der Waals surface area contributed by atoms with Gasteiger partial charge in [0.1, 0.15) is 13.2 Å². The third-order valence-corrected chi connectivity index (χ3v) is 13.7. The first kappa shape index (κ1) is 69.1. The zero-order chi connectivity index (χ0) is 52.2. The van der Waals surface area contributed by atoms with Gasteiger partial charge in [0.05, 0.1) is 0 Å². The molecular formula is C66H118O6. The molecule has 0 aliphatic heterocycles. The summed E-state index contributed by atoms with van der Waals surface area (Å²) in [6.07, 6.45) is 76.4. The summed E-state index contributed by atoms with van der Waals surface area (Å²) >= 11 is 0. The molecule has 418 valence electrons. The molecule has 0 rings (SSSR count). The van der Waals surface area contributed by atoms with E-state index in [4.69, 9.17) is 14.2 Å². The van der Waals surface area contributed by atoms with Gasteiger partial charge in [-0.2, -0.15) is 0 Å². The molecule has 0 fully saturated rings. The average Bonchev–Trinajstić information content (AvgIpc) is 3.38. The average molecular weight is 1010 g/mol. The molecule has 0 aliphatic carbocycles. The molecule has 0 aromatic heterocycles. The topological polar surface area (TPSA) is 78.9 Å². The Bertz CT molecular complexity index is 1290. The number of unbranched alkanes of at least 4 members (excludes halogenated alkanes) is 36. The lowest BCUT2D eigenvalue weighted by Gasteiger charge is -2.18. The van der Waals surface area contributed by atoms with Gasteiger partial charge in [0.2, 0.25) is 0 Å². The lowest BCUT2D eigenvalue weighted by atomic mass is 10.1. The molecule has 0 amide bonds. The Hall–Kier alpha value is -2.89. The van der Waals surface area contributed by atoms with E-state index in [1.54, 1.807) is 0 Å². The van der Waals surface area contributed by atoms with Crippen LogP contribution in [0.15, 0.2) is 60.8 Å². The van der Waals surface area contributed by atoms with Crippen LogP contribution in [0.1, 0.15) is 323 Å². The highest BCUT2D eigenvalue weighted by Crippen LogP contribution is 2.16. The lowest BCUT2D eigenvalue weighted by Crippen LogP contribution is -2.30. The molecule has 0 spiro atoms. The number of ether oxygens (including phenoxy) is 3. The van der Waals surface area contributed by atoms with E-state index < -0.39 is 6.10 Å². The molecule has 0 radical (unpaired) electrons. The summed E-state index contributed by atoms with van der Waals surface area (Å²) in [6, 6.07) is 0. The van der Waals surface area contributed by atoms with Crippen LogP contribution >= 0.6 is 0 Å². The molecule has 0 N–H and O–H groups in total. The second kappa shape index (κ2) is 60.7. The van der Waals surface area contributed by atoms with Crippen molar-refractivity contribution in [3.8, 4) is 0 Å². The standard InChI is InChI=1S/C66H118O6/c1-4-7-10-13-16-19-22-25-28-31-33-35-38-41-44-47-50-53-56-59-65(68)71-62-63(61-70-64(67)58-55-52-49-46-43-40-37-30-27-24-21-18-15-12-9-6-3)72-66(69)60-57-54-51-48-45-42-39-36-34-32-29-26-23-20-17-14-11-8-5-2/h16,19,21,24-26,28-30,37,63H,4-15,17-18,20,22-23,27,31-36,38-62H2,1-3H3/b19-16-,24-21-,28-25-,29-26-,37-30-. The first-order valence-corrected chi connectivity index (χ1v) is 31.3. The molecule has 0 aromatic rings. The molecule has 0 heterocycles. The van der Waals surface area contributed by atoms with Gasteiger partial charge >= 0.3 is 17.9 Å². The van der Waals surface area contributed by atoms with Crippen molar-refractivity contribution in [3.63, 3.8) is 0 Å². The maximum absolute atomic E-state index is 12.9. The fourth-order valence-corrected chi connectivity index (χ4v) is 8.97. The minimum atomic E-state index is -0.783. The highest BCUT2D eigenvalue weighted by atomic mass is 16.6. The molecule has 6 heteroatoms. The fourth-order valence-electron chi connectivity index (χ4n) is 8.97. The summed E-state index contributed by atoms with van der Waals surface area (Å²) in [4.78, 5) is 38.3. The number of hydrogen-bond donors (Lipinski definition) is 0. The van der Waals surface area contributed by atoms with Crippen molar-refractivity contribution in [2.45, 2.75) is 329 Å². The second-order valence-electron chi connectivity index (χ2n) is 21.0. The number of rotatable bonds is 57. The van der Waals surface area contributed by atoms with Gasteiger partial charge in [-0.15, -0.1) is 0 Å². The summed E-state index contributed by atoms with van der Waals surface area (Å²) in [6.45, 7) is 6.62. The van der Waals surface area contributed by atoms with Crippen molar-refractivity contribution >= 4 is 17.9 Å². The van der Waals surface area contributed by atoms with Gasteiger partial charge in [0, 0.05) is 19.3 Å². The van der Waals surface area contributed by atoms with Gasteiger partial charge in [-0.1, -0.05) is 255 Å². The summed E-state index contributed by atoms with van der Waals surface area (Å²) < 4.78 is 16.9.